The second-order valence-electron chi connectivity index (χ2n) is 5.29. The van der Waals surface area contributed by atoms with E-state index in [1.54, 1.807) is 7.11 Å². The van der Waals surface area contributed by atoms with Gasteiger partial charge in [-0.15, -0.1) is 0 Å². The van der Waals surface area contributed by atoms with Gasteiger partial charge in [-0.2, -0.15) is 0 Å². The highest BCUT2D eigenvalue weighted by molar-refractivity contribution is 4.81. The maximum atomic E-state index is 9.92. The number of ether oxygens (including phenoxy) is 1. The first-order valence-electron chi connectivity index (χ1n) is 5.36. The van der Waals surface area contributed by atoms with E-state index in [1.165, 1.54) is 0 Å². The van der Waals surface area contributed by atoms with Crippen molar-refractivity contribution in [2.45, 2.75) is 39.4 Å². The smallest absolute Gasteiger partial charge is 0.0715 e. The molecular formula is C11H23NO2. The van der Waals surface area contributed by atoms with Crippen molar-refractivity contribution in [2.75, 3.05) is 26.7 Å². The van der Waals surface area contributed by atoms with Crippen LogP contribution in [0, 0.1) is 5.41 Å². The van der Waals surface area contributed by atoms with Gasteiger partial charge in [-0.25, -0.2) is 0 Å². The third-order valence-corrected chi connectivity index (χ3v) is 2.99. The average molecular weight is 201 g/mol. The number of methoxy groups -OCH3 is 1. The number of hydrogen-bond donors (Lipinski definition) is 1. The summed E-state index contributed by atoms with van der Waals surface area (Å²) < 4.78 is 5.29. The lowest BCUT2D eigenvalue weighted by Crippen LogP contribution is -2.38. The van der Waals surface area contributed by atoms with E-state index in [0.717, 1.165) is 26.1 Å². The van der Waals surface area contributed by atoms with Crippen molar-refractivity contribution in [3.05, 3.63) is 0 Å². The van der Waals surface area contributed by atoms with Crippen molar-refractivity contribution >= 4 is 0 Å². The molecule has 1 heterocycles. The quantitative estimate of drug-likeness (QED) is 0.742. The zero-order valence-corrected chi connectivity index (χ0v) is 9.79. The third kappa shape index (κ3) is 3.23. The van der Waals surface area contributed by atoms with Crippen LogP contribution in [0.2, 0.25) is 0 Å². The molecular weight excluding hydrogens is 178 g/mol. The first-order valence-corrected chi connectivity index (χ1v) is 5.36. The lowest BCUT2D eigenvalue weighted by atomic mass is 9.89. The van der Waals surface area contributed by atoms with Gasteiger partial charge in [0.2, 0.25) is 0 Å². The minimum absolute atomic E-state index is 0.0227. The van der Waals surface area contributed by atoms with Crippen LogP contribution in [-0.4, -0.2) is 49.0 Å². The van der Waals surface area contributed by atoms with Gasteiger partial charge in [0.05, 0.1) is 12.2 Å². The highest BCUT2D eigenvalue weighted by Crippen LogP contribution is 2.21. The molecule has 0 aliphatic carbocycles. The van der Waals surface area contributed by atoms with Gasteiger partial charge in [-0.1, -0.05) is 20.8 Å². The van der Waals surface area contributed by atoms with Crippen molar-refractivity contribution in [3.8, 4) is 0 Å². The SMILES string of the molecule is COC1CCN(CC(O)C(C)(C)C)C1. The fourth-order valence-electron chi connectivity index (χ4n) is 1.67. The number of likely N-dealkylation sites (tertiary alicyclic amines) is 1. The molecule has 0 saturated carbocycles. The predicted molar refractivity (Wildman–Crippen MR) is 57.3 cm³/mol. The molecule has 1 saturated heterocycles. The molecule has 14 heavy (non-hydrogen) atoms. The van der Waals surface area contributed by atoms with Crippen LogP contribution in [0.15, 0.2) is 0 Å². The minimum atomic E-state index is -0.252. The van der Waals surface area contributed by atoms with Crippen LogP contribution in [0.25, 0.3) is 0 Å². The lowest BCUT2D eigenvalue weighted by molar-refractivity contribution is 0.0287. The van der Waals surface area contributed by atoms with Crippen LogP contribution in [0.5, 0.6) is 0 Å². The van der Waals surface area contributed by atoms with E-state index in [1.807, 2.05) is 0 Å². The molecule has 0 amide bonds. The first-order chi connectivity index (χ1) is 6.43. The summed E-state index contributed by atoms with van der Waals surface area (Å²) in [5.41, 5.74) is -0.0227. The van der Waals surface area contributed by atoms with E-state index in [2.05, 4.69) is 25.7 Å². The van der Waals surface area contributed by atoms with E-state index >= 15 is 0 Å². The number of aliphatic hydroxyl groups is 1. The minimum Gasteiger partial charge on any atom is -0.391 e. The Morgan fingerprint density at radius 2 is 2.14 bits per heavy atom. The Morgan fingerprint density at radius 3 is 2.57 bits per heavy atom. The summed E-state index contributed by atoms with van der Waals surface area (Å²) in [6.07, 6.45) is 1.20. The summed E-state index contributed by atoms with van der Waals surface area (Å²) in [6.45, 7) is 8.99. The molecule has 3 nitrogen and oxygen atoms in total. The summed E-state index contributed by atoms with van der Waals surface area (Å²) in [5.74, 6) is 0. The number of hydrogen-bond acceptors (Lipinski definition) is 3. The standard InChI is InChI=1S/C11H23NO2/c1-11(2,3)10(13)8-12-6-5-9(7-12)14-4/h9-10,13H,5-8H2,1-4H3. The molecule has 0 radical (unpaired) electrons. The molecule has 0 aromatic rings. The fourth-order valence-corrected chi connectivity index (χ4v) is 1.67. The number of rotatable bonds is 3. The summed E-state index contributed by atoms with van der Waals surface area (Å²) >= 11 is 0. The van der Waals surface area contributed by atoms with E-state index in [4.69, 9.17) is 4.74 Å². The highest BCUT2D eigenvalue weighted by atomic mass is 16.5. The average Bonchev–Trinajstić information content (AvgIpc) is 2.50. The van der Waals surface area contributed by atoms with Gasteiger partial charge in [-0.3, -0.25) is 4.90 Å². The van der Waals surface area contributed by atoms with Gasteiger partial charge in [0.1, 0.15) is 0 Å². The van der Waals surface area contributed by atoms with Crippen LogP contribution >= 0.6 is 0 Å². The summed E-state index contributed by atoms with van der Waals surface area (Å²) in [7, 11) is 1.76. The molecule has 0 spiro atoms. The lowest BCUT2D eigenvalue weighted by Gasteiger charge is -2.29. The maximum absolute atomic E-state index is 9.92. The zero-order chi connectivity index (χ0) is 10.8. The molecule has 0 aromatic heterocycles. The van der Waals surface area contributed by atoms with Crippen molar-refractivity contribution in [1.82, 2.24) is 4.90 Å². The Balaban J connectivity index is 2.32. The van der Waals surface area contributed by atoms with Crippen LogP contribution in [0.1, 0.15) is 27.2 Å². The summed E-state index contributed by atoms with van der Waals surface area (Å²) in [5, 5.41) is 9.92. The number of aliphatic hydroxyl groups excluding tert-OH is 1. The van der Waals surface area contributed by atoms with Crippen LogP contribution in [-0.2, 0) is 4.74 Å². The molecule has 0 bridgehead atoms. The van der Waals surface area contributed by atoms with Gasteiger partial charge in [-0.05, 0) is 11.8 Å². The normalized spacial score (nSPS) is 26.8. The molecule has 2 unspecified atom stereocenters. The van der Waals surface area contributed by atoms with Gasteiger partial charge < -0.3 is 9.84 Å². The topological polar surface area (TPSA) is 32.7 Å². The van der Waals surface area contributed by atoms with Crippen molar-refractivity contribution < 1.29 is 9.84 Å². The molecule has 0 aromatic carbocycles. The molecule has 1 aliphatic rings. The molecule has 3 heteroatoms. The second kappa shape index (κ2) is 4.60. The van der Waals surface area contributed by atoms with Crippen molar-refractivity contribution in [2.24, 2.45) is 5.41 Å². The largest absolute Gasteiger partial charge is 0.391 e. The molecule has 1 fully saturated rings. The number of β-amino-alcohol motifs (C(OH)–C–C–N with tert-alkyl or cyclic N) is 1. The zero-order valence-electron chi connectivity index (χ0n) is 9.79. The maximum Gasteiger partial charge on any atom is 0.0715 e. The van der Waals surface area contributed by atoms with E-state index in [0.29, 0.717) is 6.10 Å². The Bertz CT molecular complexity index is 177. The van der Waals surface area contributed by atoms with Crippen molar-refractivity contribution in [3.63, 3.8) is 0 Å². The summed E-state index contributed by atoms with van der Waals surface area (Å²) in [6, 6.07) is 0. The van der Waals surface area contributed by atoms with Crippen LogP contribution < -0.4 is 0 Å². The van der Waals surface area contributed by atoms with E-state index in [9.17, 15) is 5.11 Å². The fraction of sp³-hybridized carbons (Fsp3) is 1.00. The Hall–Kier alpha value is -0.120. The van der Waals surface area contributed by atoms with Gasteiger partial charge in [0.15, 0.2) is 0 Å². The van der Waals surface area contributed by atoms with Gasteiger partial charge in [0.25, 0.3) is 0 Å². The highest BCUT2D eigenvalue weighted by Gasteiger charge is 2.28. The third-order valence-electron chi connectivity index (χ3n) is 2.99. The Morgan fingerprint density at radius 1 is 1.50 bits per heavy atom. The van der Waals surface area contributed by atoms with Crippen molar-refractivity contribution in [1.29, 1.82) is 0 Å². The molecule has 1 aliphatic heterocycles. The first kappa shape index (κ1) is 12.0. The Labute approximate surface area is 87.1 Å². The van der Waals surface area contributed by atoms with Gasteiger partial charge in [0, 0.05) is 26.7 Å². The molecule has 2 atom stereocenters. The van der Waals surface area contributed by atoms with Gasteiger partial charge >= 0.3 is 0 Å². The Kier molecular flexibility index (Phi) is 3.93. The molecule has 1 rings (SSSR count). The van der Waals surface area contributed by atoms with E-state index < -0.39 is 0 Å². The van der Waals surface area contributed by atoms with Crippen LogP contribution in [0.3, 0.4) is 0 Å². The van der Waals surface area contributed by atoms with Crippen LogP contribution in [0.4, 0.5) is 0 Å². The second-order valence-corrected chi connectivity index (χ2v) is 5.29. The predicted octanol–water partition coefficient (Wildman–Crippen LogP) is 1.11. The van der Waals surface area contributed by atoms with E-state index in [-0.39, 0.29) is 11.5 Å². The number of nitrogens with zero attached hydrogens (tertiary/aromatic N) is 1. The molecule has 84 valence electrons. The monoisotopic (exact) mass is 201 g/mol. The molecule has 1 N–H and O–H groups in total. The summed E-state index contributed by atoms with van der Waals surface area (Å²) in [4.78, 5) is 2.28.